The molecule has 2 heterocycles. The summed E-state index contributed by atoms with van der Waals surface area (Å²) in [6.45, 7) is 2.94. The highest BCUT2D eigenvalue weighted by Crippen LogP contribution is 2.22. The molecule has 4 aromatic rings. The lowest BCUT2D eigenvalue weighted by atomic mass is 10.0. The number of aromatic nitrogens is 4. The molecule has 0 fully saturated rings. The van der Waals surface area contributed by atoms with Gasteiger partial charge in [0.15, 0.2) is 5.82 Å². The summed E-state index contributed by atoms with van der Waals surface area (Å²) >= 11 is 0. The van der Waals surface area contributed by atoms with Gasteiger partial charge in [-0.05, 0) is 29.7 Å². The van der Waals surface area contributed by atoms with Gasteiger partial charge in [-0.3, -0.25) is 4.98 Å². The fourth-order valence-corrected chi connectivity index (χ4v) is 3.56. The predicted molar refractivity (Wildman–Crippen MR) is 119 cm³/mol. The van der Waals surface area contributed by atoms with Gasteiger partial charge in [-0.25, -0.2) is 14.5 Å². The van der Waals surface area contributed by atoms with Crippen molar-refractivity contribution in [3.63, 3.8) is 0 Å². The van der Waals surface area contributed by atoms with Crippen molar-refractivity contribution in [1.82, 2.24) is 19.7 Å². The van der Waals surface area contributed by atoms with Crippen molar-refractivity contribution in [2.75, 3.05) is 0 Å². The third kappa shape index (κ3) is 4.86. The summed E-state index contributed by atoms with van der Waals surface area (Å²) in [5.74, 6) is 0.767. The van der Waals surface area contributed by atoms with Gasteiger partial charge in [-0.2, -0.15) is 5.10 Å². The predicted octanol–water partition coefficient (Wildman–Crippen LogP) is 4.63. The summed E-state index contributed by atoms with van der Waals surface area (Å²) < 4.78 is 1.98. The highest BCUT2D eigenvalue weighted by atomic mass is 16.4. The van der Waals surface area contributed by atoms with Crippen molar-refractivity contribution in [2.24, 2.45) is 0 Å². The quantitative estimate of drug-likeness (QED) is 0.456. The lowest BCUT2D eigenvalue weighted by Crippen LogP contribution is -2.06. The molecule has 0 aliphatic heterocycles. The minimum atomic E-state index is -0.958. The standard InChI is InChI=1S/C25H24N4O2/c1-2-14-29-24(27-23(28-29)15-18-8-4-3-5-9-18)16-19-12-13-22(26-17-19)20-10-6-7-11-21(20)25(30)31/h3-13,17H,2,14-16H2,1H3,(H,30,31). The lowest BCUT2D eigenvalue weighted by molar-refractivity contribution is 0.0697. The molecule has 6 heteroatoms. The fraction of sp³-hybridized carbons (Fsp3) is 0.200. The second-order valence-corrected chi connectivity index (χ2v) is 7.41. The topological polar surface area (TPSA) is 80.9 Å². The summed E-state index contributed by atoms with van der Waals surface area (Å²) in [6, 6.07) is 21.0. The van der Waals surface area contributed by atoms with Crippen molar-refractivity contribution in [2.45, 2.75) is 32.7 Å². The molecule has 1 N–H and O–H groups in total. The summed E-state index contributed by atoms with van der Waals surface area (Å²) in [5, 5.41) is 14.1. The average Bonchev–Trinajstić information content (AvgIpc) is 3.16. The fourth-order valence-electron chi connectivity index (χ4n) is 3.56. The molecule has 6 nitrogen and oxygen atoms in total. The minimum Gasteiger partial charge on any atom is -0.478 e. The Morgan fingerprint density at radius 1 is 0.935 bits per heavy atom. The van der Waals surface area contributed by atoms with Gasteiger partial charge < -0.3 is 5.11 Å². The number of aromatic carboxylic acids is 1. The second kappa shape index (κ2) is 9.34. The van der Waals surface area contributed by atoms with Crippen LogP contribution < -0.4 is 0 Å². The number of hydrogen-bond donors (Lipinski definition) is 1. The SMILES string of the molecule is CCCn1nc(Cc2ccccc2)nc1Cc1ccc(-c2ccccc2C(=O)O)nc1. The molecule has 0 aliphatic rings. The van der Waals surface area contributed by atoms with Crippen molar-refractivity contribution in [1.29, 1.82) is 0 Å². The van der Waals surface area contributed by atoms with Crippen LogP contribution in [0.5, 0.6) is 0 Å². The molecule has 0 atom stereocenters. The third-order valence-electron chi connectivity index (χ3n) is 5.05. The Bertz CT molecular complexity index is 1170. The Labute approximate surface area is 181 Å². The Morgan fingerprint density at radius 2 is 1.71 bits per heavy atom. The van der Waals surface area contributed by atoms with Crippen LogP contribution in [0.1, 0.15) is 46.5 Å². The third-order valence-corrected chi connectivity index (χ3v) is 5.05. The van der Waals surface area contributed by atoms with Crippen LogP contribution in [-0.2, 0) is 19.4 Å². The summed E-state index contributed by atoms with van der Waals surface area (Å²) in [6.07, 6.45) is 4.09. The maximum absolute atomic E-state index is 11.5. The van der Waals surface area contributed by atoms with Crippen LogP contribution in [0.3, 0.4) is 0 Å². The Morgan fingerprint density at radius 3 is 2.42 bits per heavy atom. The summed E-state index contributed by atoms with van der Waals surface area (Å²) in [7, 11) is 0. The Balaban J connectivity index is 1.56. The molecule has 4 rings (SSSR count). The van der Waals surface area contributed by atoms with E-state index in [1.165, 1.54) is 5.56 Å². The number of pyridine rings is 1. The molecule has 0 saturated carbocycles. The van der Waals surface area contributed by atoms with Gasteiger partial charge in [-0.1, -0.05) is 61.5 Å². The smallest absolute Gasteiger partial charge is 0.336 e. The van der Waals surface area contributed by atoms with E-state index in [1.807, 2.05) is 41.1 Å². The zero-order valence-electron chi connectivity index (χ0n) is 17.4. The van der Waals surface area contributed by atoms with Crippen molar-refractivity contribution in [3.8, 4) is 11.3 Å². The number of benzene rings is 2. The van der Waals surface area contributed by atoms with Gasteiger partial charge in [0.05, 0.1) is 11.3 Å². The lowest BCUT2D eigenvalue weighted by Gasteiger charge is -2.07. The summed E-state index contributed by atoms with van der Waals surface area (Å²) in [4.78, 5) is 20.8. The first-order valence-electron chi connectivity index (χ1n) is 10.4. The van der Waals surface area contributed by atoms with E-state index >= 15 is 0 Å². The van der Waals surface area contributed by atoms with E-state index in [2.05, 4.69) is 24.0 Å². The molecule has 0 saturated heterocycles. The summed E-state index contributed by atoms with van der Waals surface area (Å²) in [5.41, 5.74) is 3.69. The number of carbonyl (C=O) groups is 1. The largest absolute Gasteiger partial charge is 0.478 e. The van der Waals surface area contributed by atoms with Gasteiger partial charge in [0.2, 0.25) is 0 Å². The highest BCUT2D eigenvalue weighted by molar-refractivity contribution is 5.95. The van der Waals surface area contributed by atoms with Crippen LogP contribution in [0.25, 0.3) is 11.3 Å². The van der Waals surface area contributed by atoms with Gasteiger partial charge >= 0.3 is 5.97 Å². The molecule has 2 aromatic heterocycles. The molecule has 31 heavy (non-hydrogen) atoms. The van der Waals surface area contributed by atoms with Crippen LogP contribution in [-0.4, -0.2) is 30.8 Å². The zero-order chi connectivity index (χ0) is 21.6. The molecular formula is C25H24N4O2. The number of carboxylic acids is 1. The number of nitrogens with zero attached hydrogens (tertiary/aromatic N) is 4. The van der Waals surface area contributed by atoms with E-state index < -0.39 is 5.97 Å². The maximum Gasteiger partial charge on any atom is 0.336 e. The van der Waals surface area contributed by atoms with Crippen LogP contribution in [0.15, 0.2) is 72.9 Å². The first-order valence-corrected chi connectivity index (χ1v) is 10.4. The molecule has 0 amide bonds. The molecule has 0 radical (unpaired) electrons. The number of hydrogen-bond acceptors (Lipinski definition) is 4. The molecule has 156 valence electrons. The van der Waals surface area contributed by atoms with E-state index in [1.54, 1.807) is 24.4 Å². The molecule has 0 bridgehead atoms. The van der Waals surface area contributed by atoms with Crippen LogP contribution in [0.2, 0.25) is 0 Å². The van der Waals surface area contributed by atoms with Crippen molar-refractivity contribution in [3.05, 3.63) is 101 Å². The van der Waals surface area contributed by atoms with E-state index in [0.717, 1.165) is 30.2 Å². The highest BCUT2D eigenvalue weighted by Gasteiger charge is 2.14. The molecule has 2 aromatic carbocycles. The maximum atomic E-state index is 11.5. The molecule has 0 spiro atoms. The average molecular weight is 412 g/mol. The van der Waals surface area contributed by atoms with Crippen LogP contribution in [0.4, 0.5) is 0 Å². The monoisotopic (exact) mass is 412 g/mol. The van der Waals surface area contributed by atoms with Gasteiger partial charge in [0, 0.05) is 31.1 Å². The Hall–Kier alpha value is -3.80. The van der Waals surface area contributed by atoms with E-state index in [0.29, 0.717) is 24.1 Å². The Kier molecular flexibility index (Phi) is 6.17. The van der Waals surface area contributed by atoms with E-state index in [9.17, 15) is 9.90 Å². The second-order valence-electron chi connectivity index (χ2n) is 7.41. The molecule has 0 unspecified atom stereocenters. The normalized spacial score (nSPS) is 10.9. The van der Waals surface area contributed by atoms with Gasteiger partial charge in [0.1, 0.15) is 5.82 Å². The first-order chi connectivity index (χ1) is 15.1. The minimum absolute atomic E-state index is 0.246. The molecule has 0 aliphatic carbocycles. The molecular weight excluding hydrogens is 388 g/mol. The number of aryl methyl sites for hydroxylation is 1. The van der Waals surface area contributed by atoms with Crippen molar-refractivity contribution >= 4 is 5.97 Å². The number of carboxylic acid groups (broad SMARTS) is 1. The number of rotatable bonds is 8. The van der Waals surface area contributed by atoms with Crippen LogP contribution >= 0.6 is 0 Å². The van der Waals surface area contributed by atoms with Crippen molar-refractivity contribution < 1.29 is 9.90 Å². The van der Waals surface area contributed by atoms with E-state index in [4.69, 9.17) is 10.1 Å². The first kappa shape index (κ1) is 20.5. The van der Waals surface area contributed by atoms with Gasteiger partial charge in [-0.15, -0.1) is 0 Å². The zero-order valence-corrected chi connectivity index (χ0v) is 17.4. The van der Waals surface area contributed by atoms with Crippen LogP contribution in [0, 0.1) is 0 Å². The van der Waals surface area contributed by atoms with E-state index in [-0.39, 0.29) is 5.56 Å². The van der Waals surface area contributed by atoms with Gasteiger partial charge in [0.25, 0.3) is 0 Å².